The van der Waals surface area contributed by atoms with Gasteiger partial charge in [0.1, 0.15) is 36.9 Å². The number of fused-ring (bicyclic) bond motifs is 3. The van der Waals surface area contributed by atoms with Gasteiger partial charge in [0, 0.05) is 0 Å². The van der Waals surface area contributed by atoms with Crippen molar-refractivity contribution in [1.29, 1.82) is 0 Å². The Kier molecular flexibility index (Phi) is 12.4. The van der Waals surface area contributed by atoms with Crippen molar-refractivity contribution in [2.24, 2.45) is 0 Å². The van der Waals surface area contributed by atoms with E-state index >= 15 is 0 Å². The lowest BCUT2D eigenvalue weighted by Gasteiger charge is -2.34. The van der Waals surface area contributed by atoms with Gasteiger partial charge in [-0.05, 0) is 57.6 Å². The van der Waals surface area contributed by atoms with Gasteiger partial charge in [-0.15, -0.1) is 11.6 Å². The molecule has 244 valence electrons. The van der Waals surface area contributed by atoms with Crippen LogP contribution in [-0.2, 0) is 19.6 Å². The predicted molar refractivity (Wildman–Crippen MR) is 177 cm³/mol. The van der Waals surface area contributed by atoms with Crippen molar-refractivity contribution in [2.45, 2.75) is 17.6 Å². The zero-order valence-corrected chi connectivity index (χ0v) is 26.5. The van der Waals surface area contributed by atoms with Crippen molar-refractivity contribution in [2.75, 3.05) is 65.3 Å². The Morgan fingerprint density at radius 3 is 1.50 bits per heavy atom. The minimum absolute atomic E-state index is 0.00837. The third kappa shape index (κ3) is 7.90. The van der Waals surface area contributed by atoms with Gasteiger partial charge >= 0.3 is 0 Å². The summed E-state index contributed by atoms with van der Waals surface area (Å²) in [5, 5.41) is 28.9. The van der Waals surface area contributed by atoms with E-state index in [1.165, 1.54) is 22.3 Å². The molecule has 0 fully saturated rings. The van der Waals surface area contributed by atoms with Crippen LogP contribution in [0.25, 0.3) is 11.1 Å². The Morgan fingerprint density at radius 1 is 0.543 bits per heavy atom. The van der Waals surface area contributed by atoms with Crippen LogP contribution in [-0.4, -0.2) is 92.9 Å². The molecular formula is C37H41ClO8. The van der Waals surface area contributed by atoms with Crippen LogP contribution >= 0.6 is 11.6 Å². The SMILES string of the molecule is OCCOCCOCCOC[C@@H](O)COc1ccc(C2(c3ccc(OC[C@H](O)CCl)cc3)c3ccccc3-c3ccccc32)cc1. The summed E-state index contributed by atoms with van der Waals surface area (Å²) in [5.41, 5.74) is 6.32. The quantitative estimate of drug-likeness (QED) is 0.0866. The first-order chi connectivity index (χ1) is 22.6. The van der Waals surface area contributed by atoms with Crippen LogP contribution in [0.2, 0.25) is 0 Å². The molecule has 0 unspecified atom stereocenters. The van der Waals surface area contributed by atoms with E-state index in [0.29, 0.717) is 44.5 Å². The van der Waals surface area contributed by atoms with Gasteiger partial charge in [-0.1, -0.05) is 72.8 Å². The molecule has 4 aromatic rings. The average molecular weight is 649 g/mol. The number of alkyl halides is 1. The molecule has 8 nitrogen and oxygen atoms in total. The molecule has 0 heterocycles. The molecule has 0 aliphatic heterocycles. The molecule has 0 radical (unpaired) electrons. The highest BCUT2D eigenvalue weighted by Crippen LogP contribution is 2.56. The highest BCUT2D eigenvalue weighted by Gasteiger charge is 2.45. The summed E-state index contributed by atoms with van der Waals surface area (Å²) in [5.74, 6) is 1.41. The molecular weight excluding hydrogens is 608 g/mol. The van der Waals surface area contributed by atoms with Gasteiger partial charge in [0.25, 0.3) is 0 Å². The van der Waals surface area contributed by atoms with E-state index in [0.717, 1.165) is 11.1 Å². The number of hydrogen-bond acceptors (Lipinski definition) is 8. The van der Waals surface area contributed by atoms with Gasteiger partial charge in [0.05, 0.1) is 57.5 Å². The van der Waals surface area contributed by atoms with E-state index in [9.17, 15) is 10.2 Å². The fourth-order valence-corrected chi connectivity index (χ4v) is 5.92. The lowest BCUT2D eigenvalue weighted by Crippen LogP contribution is -2.28. The summed E-state index contributed by atoms with van der Waals surface area (Å²) in [6.45, 7) is 2.20. The zero-order valence-electron chi connectivity index (χ0n) is 25.7. The first-order valence-corrected chi connectivity index (χ1v) is 16.0. The number of aliphatic hydroxyl groups excluding tert-OH is 3. The Labute approximate surface area is 275 Å². The standard InChI is InChI=1S/C37H41ClO8/c38-23-29(40)25-45-31-13-9-27(10-14-31)37(35-7-3-1-5-33(35)34-6-2-4-8-36(34)37)28-11-15-32(16-12-28)46-26-30(41)24-44-22-21-43-20-19-42-18-17-39/h1-16,29-30,39-41H,17-26H2/t29-,30-/m1/s1. The lowest BCUT2D eigenvalue weighted by molar-refractivity contribution is -0.0217. The first-order valence-electron chi connectivity index (χ1n) is 15.5. The second kappa shape index (κ2) is 16.9. The summed E-state index contributed by atoms with van der Waals surface area (Å²) in [7, 11) is 0. The first kappa shape index (κ1) is 33.9. The summed E-state index contributed by atoms with van der Waals surface area (Å²) in [6.07, 6.45) is -1.52. The molecule has 5 rings (SSSR count). The Hall–Kier alpha value is -3.47. The number of ether oxygens (including phenoxy) is 5. The molecule has 46 heavy (non-hydrogen) atoms. The molecule has 1 aliphatic carbocycles. The van der Waals surface area contributed by atoms with Crippen LogP contribution in [0.4, 0.5) is 0 Å². The van der Waals surface area contributed by atoms with E-state index in [1.54, 1.807) is 0 Å². The molecule has 0 saturated heterocycles. The van der Waals surface area contributed by atoms with Gasteiger partial charge in [-0.3, -0.25) is 0 Å². The summed E-state index contributed by atoms with van der Waals surface area (Å²) in [4.78, 5) is 0. The fraction of sp³-hybridized carbons (Fsp3) is 0.351. The maximum absolute atomic E-state index is 10.4. The van der Waals surface area contributed by atoms with Crippen molar-refractivity contribution >= 4 is 11.6 Å². The van der Waals surface area contributed by atoms with E-state index in [-0.39, 0.29) is 32.3 Å². The molecule has 2 atom stereocenters. The normalized spacial score (nSPS) is 14.3. The van der Waals surface area contributed by atoms with Gasteiger partial charge in [-0.25, -0.2) is 0 Å². The molecule has 0 aromatic heterocycles. The van der Waals surface area contributed by atoms with Crippen LogP contribution < -0.4 is 9.47 Å². The van der Waals surface area contributed by atoms with Gasteiger partial charge in [0.2, 0.25) is 0 Å². The topological polar surface area (TPSA) is 107 Å². The fourth-order valence-electron chi connectivity index (χ4n) is 5.83. The van der Waals surface area contributed by atoms with Crippen LogP contribution in [0.1, 0.15) is 22.3 Å². The van der Waals surface area contributed by atoms with Crippen molar-refractivity contribution in [3.63, 3.8) is 0 Å². The zero-order chi connectivity index (χ0) is 32.2. The van der Waals surface area contributed by atoms with Crippen LogP contribution in [0, 0.1) is 0 Å². The Balaban J connectivity index is 1.30. The third-order valence-corrected chi connectivity index (χ3v) is 8.24. The largest absolute Gasteiger partial charge is 0.491 e. The van der Waals surface area contributed by atoms with Crippen molar-refractivity contribution < 1.29 is 39.0 Å². The van der Waals surface area contributed by atoms with Crippen molar-refractivity contribution in [1.82, 2.24) is 0 Å². The minimum Gasteiger partial charge on any atom is -0.491 e. The summed E-state index contributed by atoms with van der Waals surface area (Å²) in [6, 6.07) is 33.1. The van der Waals surface area contributed by atoms with E-state index in [2.05, 4.69) is 72.8 Å². The molecule has 4 aromatic carbocycles. The van der Waals surface area contributed by atoms with Gasteiger partial charge in [0.15, 0.2) is 0 Å². The summed E-state index contributed by atoms with van der Waals surface area (Å²) >= 11 is 5.74. The van der Waals surface area contributed by atoms with Crippen LogP contribution in [0.15, 0.2) is 97.1 Å². The maximum Gasteiger partial charge on any atom is 0.119 e. The van der Waals surface area contributed by atoms with E-state index in [1.807, 2.05) is 24.3 Å². The molecule has 3 N–H and O–H groups in total. The van der Waals surface area contributed by atoms with Gasteiger partial charge in [-0.2, -0.15) is 0 Å². The second-order valence-corrected chi connectivity index (χ2v) is 11.3. The third-order valence-electron chi connectivity index (χ3n) is 7.88. The second-order valence-electron chi connectivity index (χ2n) is 11.0. The Bertz CT molecular complexity index is 1450. The molecule has 9 heteroatoms. The van der Waals surface area contributed by atoms with Crippen molar-refractivity contribution in [3.05, 3.63) is 119 Å². The minimum atomic E-state index is -0.793. The predicted octanol–water partition coefficient (Wildman–Crippen LogP) is 4.81. The molecule has 0 bridgehead atoms. The monoisotopic (exact) mass is 648 g/mol. The highest BCUT2D eigenvalue weighted by molar-refractivity contribution is 6.18. The number of aliphatic hydroxyl groups is 3. The maximum atomic E-state index is 10.4. The van der Waals surface area contributed by atoms with Gasteiger partial charge < -0.3 is 39.0 Å². The smallest absolute Gasteiger partial charge is 0.119 e. The highest BCUT2D eigenvalue weighted by atomic mass is 35.5. The van der Waals surface area contributed by atoms with E-state index in [4.69, 9.17) is 40.4 Å². The number of rotatable bonds is 19. The van der Waals surface area contributed by atoms with Crippen molar-refractivity contribution in [3.8, 4) is 22.6 Å². The van der Waals surface area contributed by atoms with Crippen LogP contribution in [0.3, 0.4) is 0 Å². The molecule has 0 amide bonds. The average Bonchev–Trinajstić information content (AvgIpc) is 3.40. The Morgan fingerprint density at radius 2 is 1.00 bits per heavy atom. The molecule has 1 aliphatic rings. The molecule has 0 spiro atoms. The lowest BCUT2D eigenvalue weighted by atomic mass is 9.68. The molecule has 0 saturated carbocycles. The van der Waals surface area contributed by atoms with E-state index < -0.39 is 17.6 Å². The number of benzene rings is 4. The number of halogens is 1. The number of hydrogen-bond donors (Lipinski definition) is 3. The summed E-state index contributed by atoms with van der Waals surface area (Å²) < 4.78 is 27.7. The van der Waals surface area contributed by atoms with Crippen LogP contribution in [0.5, 0.6) is 11.5 Å².